The Hall–Kier alpha value is -2.34. The van der Waals surface area contributed by atoms with Crippen molar-refractivity contribution in [3.05, 3.63) is 46.9 Å². The van der Waals surface area contributed by atoms with Crippen LogP contribution in [0, 0.1) is 0 Å². The first-order chi connectivity index (χ1) is 9.65. The molecular formula is C14H10BrN3O2. The molecule has 2 aromatic carbocycles. The number of hydrogen-bond donors (Lipinski definition) is 3. The normalized spacial score (nSPS) is 11.4. The molecule has 1 aromatic heterocycles. The first-order valence-corrected chi connectivity index (χ1v) is 6.64. The third kappa shape index (κ3) is 2.25. The van der Waals surface area contributed by atoms with E-state index in [1.54, 1.807) is 18.2 Å². The molecule has 0 atom stereocenters. The van der Waals surface area contributed by atoms with Crippen LogP contribution in [-0.2, 0) is 0 Å². The summed E-state index contributed by atoms with van der Waals surface area (Å²) in [5, 5.41) is 28.3. The zero-order valence-electron chi connectivity index (χ0n) is 10.2. The standard InChI is InChI=1S/C14H10BrN3O2/c15-8-5-6-10-9(7-8)13(14(20)16-10)18-17-11-3-1-2-4-12(11)19/h1-7,16,19-20H. The fourth-order valence-corrected chi connectivity index (χ4v) is 2.25. The van der Waals surface area contributed by atoms with Crippen LogP contribution in [0.2, 0.25) is 0 Å². The van der Waals surface area contributed by atoms with Crippen molar-refractivity contribution in [1.82, 2.24) is 4.98 Å². The lowest BCUT2D eigenvalue weighted by molar-refractivity contribution is 0.459. The Kier molecular flexibility index (Phi) is 3.15. The fourth-order valence-electron chi connectivity index (χ4n) is 1.89. The van der Waals surface area contributed by atoms with Gasteiger partial charge < -0.3 is 15.2 Å². The Balaban J connectivity index is 2.09. The number of aromatic hydroxyl groups is 2. The fraction of sp³-hybridized carbons (Fsp3) is 0. The minimum absolute atomic E-state index is 0.0387. The molecule has 20 heavy (non-hydrogen) atoms. The number of aromatic amines is 1. The van der Waals surface area contributed by atoms with Gasteiger partial charge >= 0.3 is 0 Å². The number of phenols is 1. The molecule has 3 rings (SSSR count). The second-order valence-electron chi connectivity index (χ2n) is 4.20. The van der Waals surface area contributed by atoms with Crippen LogP contribution in [0.15, 0.2) is 57.2 Å². The first-order valence-electron chi connectivity index (χ1n) is 5.85. The molecule has 1 heterocycles. The van der Waals surface area contributed by atoms with E-state index >= 15 is 0 Å². The molecule has 0 spiro atoms. The second kappa shape index (κ2) is 4.97. The van der Waals surface area contributed by atoms with E-state index < -0.39 is 0 Å². The number of H-pyrrole nitrogens is 1. The first kappa shape index (κ1) is 12.7. The van der Waals surface area contributed by atoms with Crippen molar-refractivity contribution in [3.8, 4) is 11.6 Å². The topological polar surface area (TPSA) is 81.0 Å². The number of rotatable bonds is 2. The molecule has 0 bridgehead atoms. The highest BCUT2D eigenvalue weighted by molar-refractivity contribution is 9.10. The Labute approximate surface area is 122 Å². The molecule has 0 saturated heterocycles. The number of para-hydroxylation sites is 1. The Morgan fingerprint density at radius 1 is 1.00 bits per heavy atom. The smallest absolute Gasteiger partial charge is 0.218 e. The monoisotopic (exact) mass is 331 g/mol. The van der Waals surface area contributed by atoms with Crippen LogP contribution in [0.25, 0.3) is 10.9 Å². The molecule has 6 heteroatoms. The van der Waals surface area contributed by atoms with E-state index in [-0.39, 0.29) is 11.6 Å². The molecule has 0 amide bonds. The second-order valence-corrected chi connectivity index (χ2v) is 5.12. The van der Waals surface area contributed by atoms with Crippen molar-refractivity contribution in [3.63, 3.8) is 0 Å². The van der Waals surface area contributed by atoms with Gasteiger partial charge in [0.1, 0.15) is 11.4 Å². The molecule has 0 unspecified atom stereocenters. The third-order valence-electron chi connectivity index (χ3n) is 2.85. The van der Waals surface area contributed by atoms with Crippen LogP contribution in [0.1, 0.15) is 0 Å². The molecule has 100 valence electrons. The molecular weight excluding hydrogens is 322 g/mol. The number of fused-ring (bicyclic) bond motifs is 1. The number of halogens is 1. The zero-order chi connectivity index (χ0) is 14.1. The predicted molar refractivity (Wildman–Crippen MR) is 79.9 cm³/mol. The van der Waals surface area contributed by atoms with E-state index in [1.807, 2.05) is 18.2 Å². The van der Waals surface area contributed by atoms with E-state index in [0.717, 1.165) is 15.4 Å². The summed E-state index contributed by atoms with van der Waals surface area (Å²) >= 11 is 3.38. The Morgan fingerprint density at radius 2 is 1.80 bits per heavy atom. The highest BCUT2D eigenvalue weighted by Gasteiger charge is 2.10. The number of nitrogens with zero attached hydrogens (tertiary/aromatic N) is 2. The summed E-state index contributed by atoms with van der Waals surface area (Å²) in [7, 11) is 0. The summed E-state index contributed by atoms with van der Waals surface area (Å²) in [6, 6.07) is 12.2. The van der Waals surface area contributed by atoms with Crippen LogP contribution in [0.3, 0.4) is 0 Å². The molecule has 3 N–H and O–H groups in total. The number of aromatic nitrogens is 1. The predicted octanol–water partition coefficient (Wildman–Crippen LogP) is 4.76. The van der Waals surface area contributed by atoms with Crippen LogP contribution in [0.5, 0.6) is 11.6 Å². The van der Waals surface area contributed by atoms with Crippen molar-refractivity contribution in [2.75, 3.05) is 0 Å². The number of phenolic OH excluding ortho intramolecular Hbond substituents is 1. The average Bonchev–Trinajstić information content (AvgIpc) is 2.73. The summed E-state index contributed by atoms with van der Waals surface area (Å²) in [5.41, 5.74) is 1.44. The van der Waals surface area contributed by atoms with Crippen LogP contribution in [-0.4, -0.2) is 15.2 Å². The molecule has 5 nitrogen and oxygen atoms in total. The molecule has 0 aliphatic rings. The van der Waals surface area contributed by atoms with Crippen molar-refractivity contribution in [2.45, 2.75) is 0 Å². The summed E-state index contributed by atoms with van der Waals surface area (Å²) in [4.78, 5) is 2.82. The number of azo groups is 1. The number of nitrogens with one attached hydrogen (secondary N) is 1. The van der Waals surface area contributed by atoms with Gasteiger partial charge in [-0.25, -0.2) is 0 Å². The third-order valence-corrected chi connectivity index (χ3v) is 3.35. The van der Waals surface area contributed by atoms with Crippen molar-refractivity contribution in [1.29, 1.82) is 0 Å². The van der Waals surface area contributed by atoms with Gasteiger partial charge in [0, 0.05) is 9.86 Å². The zero-order valence-corrected chi connectivity index (χ0v) is 11.8. The van der Waals surface area contributed by atoms with Gasteiger partial charge in [-0.3, -0.25) is 0 Å². The van der Waals surface area contributed by atoms with Gasteiger partial charge in [0.25, 0.3) is 0 Å². The maximum absolute atomic E-state index is 9.89. The van der Waals surface area contributed by atoms with Crippen LogP contribution >= 0.6 is 15.9 Å². The maximum atomic E-state index is 9.89. The van der Waals surface area contributed by atoms with E-state index in [1.165, 1.54) is 6.07 Å². The summed E-state index contributed by atoms with van der Waals surface area (Å²) < 4.78 is 0.878. The summed E-state index contributed by atoms with van der Waals surface area (Å²) in [5.74, 6) is -0.0194. The highest BCUT2D eigenvalue weighted by Crippen LogP contribution is 2.38. The molecule has 0 fully saturated rings. The van der Waals surface area contributed by atoms with Gasteiger partial charge in [0.2, 0.25) is 5.88 Å². The van der Waals surface area contributed by atoms with E-state index in [9.17, 15) is 10.2 Å². The van der Waals surface area contributed by atoms with E-state index in [0.29, 0.717) is 11.4 Å². The summed E-state index contributed by atoms with van der Waals surface area (Å²) in [6.45, 7) is 0. The number of benzene rings is 2. The number of hydrogen-bond acceptors (Lipinski definition) is 4. The van der Waals surface area contributed by atoms with Crippen molar-refractivity contribution >= 4 is 38.2 Å². The largest absolute Gasteiger partial charge is 0.506 e. The maximum Gasteiger partial charge on any atom is 0.218 e. The quantitative estimate of drug-likeness (QED) is 0.592. The molecule has 3 aromatic rings. The van der Waals surface area contributed by atoms with Gasteiger partial charge in [-0.1, -0.05) is 28.1 Å². The van der Waals surface area contributed by atoms with Crippen molar-refractivity contribution < 1.29 is 10.2 Å². The lowest BCUT2D eigenvalue weighted by Crippen LogP contribution is -1.68. The molecule has 0 aliphatic heterocycles. The summed E-state index contributed by atoms with van der Waals surface area (Å²) in [6.07, 6.45) is 0. The Bertz CT molecular complexity index is 811. The highest BCUT2D eigenvalue weighted by atomic mass is 79.9. The van der Waals surface area contributed by atoms with Gasteiger partial charge in [-0.05, 0) is 30.3 Å². The van der Waals surface area contributed by atoms with Gasteiger partial charge in [0.15, 0.2) is 5.69 Å². The lowest BCUT2D eigenvalue weighted by atomic mass is 10.2. The van der Waals surface area contributed by atoms with Gasteiger partial charge in [-0.15, -0.1) is 10.2 Å². The minimum atomic E-state index is -0.0581. The van der Waals surface area contributed by atoms with E-state index in [2.05, 4.69) is 31.1 Å². The molecule has 0 aliphatic carbocycles. The average molecular weight is 332 g/mol. The van der Waals surface area contributed by atoms with Gasteiger partial charge in [-0.2, -0.15) is 0 Å². The molecule has 0 radical (unpaired) electrons. The Morgan fingerprint density at radius 3 is 2.60 bits per heavy atom. The van der Waals surface area contributed by atoms with E-state index in [4.69, 9.17) is 0 Å². The van der Waals surface area contributed by atoms with Crippen molar-refractivity contribution in [2.24, 2.45) is 10.2 Å². The SMILES string of the molecule is Oc1ccccc1N=Nc1c(O)[nH]c2ccc(Br)cc12. The van der Waals surface area contributed by atoms with Crippen LogP contribution < -0.4 is 0 Å². The van der Waals surface area contributed by atoms with Gasteiger partial charge in [0.05, 0.1) is 5.52 Å². The van der Waals surface area contributed by atoms with Crippen LogP contribution in [0.4, 0.5) is 11.4 Å². The minimum Gasteiger partial charge on any atom is -0.506 e. The molecule has 0 saturated carbocycles. The lowest BCUT2D eigenvalue weighted by Gasteiger charge is -1.96.